The van der Waals surface area contributed by atoms with Gasteiger partial charge in [-0.15, -0.1) is 0 Å². The lowest BCUT2D eigenvalue weighted by Gasteiger charge is -2.22. The normalized spacial score (nSPS) is 14.8. The Bertz CT molecular complexity index is 616. The van der Waals surface area contributed by atoms with E-state index in [0.717, 1.165) is 6.07 Å². The van der Waals surface area contributed by atoms with Gasteiger partial charge in [-0.1, -0.05) is 35.0 Å². The number of aliphatic hydroxyl groups is 1. The summed E-state index contributed by atoms with van der Waals surface area (Å²) in [5.74, 6) is -0.548. The van der Waals surface area contributed by atoms with Crippen LogP contribution in [-0.2, 0) is 6.18 Å². The van der Waals surface area contributed by atoms with Crippen LogP contribution in [0.1, 0.15) is 35.8 Å². The summed E-state index contributed by atoms with van der Waals surface area (Å²) >= 11 is 3.03. The summed E-state index contributed by atoms with van der Waals surface area (Å²) in [5, 5.41) is 10.3. The van der Waals surface area contributed by atoms with E-state index in [4.69, 9.17) is 0 Å². The van der Waals surface area contributed by atoms with Crippen molar-refractivity contribution in [3.05, 3.63) is 63.9 Å². The van der Waals surface area contributed by atoms with Gasteiger partial charge in [0.05, 0.1) is 11.7 Å². The Labute approximate surface area is 128 Å². The van der Waals surface area contributed by atoms with Crippen molar-refractivity contribution in [3.63, 3.8) is 0 Å². The molecular weight excluding hydrogens is 347 g/mol. The molecule has 1 aromatic carbocycles. The lowest BCUT2D eigenvalue weighted by molar-refractivity contribution is -0.139. The van der Waals surface area contributed by atoms with Gasteiger partial charge in [-0.25, -0.2) is 0 Å². The van der Waals surface area contributed by atoms with Crippen LogP contribution in [0, 0.1) is 0 Å². The zero-order chi connectivity index (χ0) is 15.6. The van der Waals surface area contributed by atoms with Gasteiger partial charge in [0.25, 0.3) is 0 Å². The van der Waals surface area contributed by atoms with E-state index in [1.54, 1.807) is 31.3 Å². The predicted molar refractivity (Wildman–Crippen MR) is 76.8 cm³/mol. The monoisotopic (exact) mass is 359 g/mol. The minimum atomic E-state index is -4.52. The second-order valence-corrected chi connectivity index (χ2v) is 5.63. The van der Waals surface area contributed by atoms with E-state index in [1.165, 1.54) is 12.1 Å². The molecule has 1 heterocycles. The SMILES string of the molecule is CC(c1ccccn1)C(O)c1ccc(Br)cc1C(F)(F)F. The van der Waals surface area contributed by atoms with Crippen molar-refractivity contribution in [2.75, 3.05) is 0 Å². The summed E-state index contributed by atoms with van der Waals surface area (Å²) in [6, 6.07) is 8.88. The average molecular weight is 360 g/mol. The molecule has 112 valence electrons. The highest BCUT2D eigenvalue weighted by Crippen LogP contribution is 2.40. The second kappa shape index (κ2) is 6.15. The molecule has 1 N–H and O–H groups in total. The smallest absolute Gasteiger partial charge is 0.388 e. The molecule has 2 nitrogen and oxygen atoms in total. The number of nitrogens with zero attached hydrogens (tertiary/aromatic N) is 1. The molecule has 0 fully saturated rings. The first-order valence-corrected chi connectivity index (χ1v) is 7.05. The first kappa shape index (κ1) is 16.0. The summed E-state index contributed by atoms with van der Waals surface area (Å²) in [6.07, 6.45) is -4.26. The number of hydrogen-bond acceptors (Lipinski definition) is 2. The molecule has 0 aliphatic heterocycles. The van der Waals surface area contributed by atoms with Crippen molar-refractivity contribution in [2.24, 2.45) is 0 Å². The van der Waals surface area contributed by atoms with Crippen molar-refractivity contribution in [1.82, 2.24) is 4.98 Å². The molecule has 2 aromatic rings. The van der Waals surface area contributed by atoms with E-state index in [1.807, 2.05) is 0 Å². The number of aliphatic hydroxyl groups excluding tert-OH is 1. The Morgan fingerprint density at radius 3 is 2.48 bits per heavy atom. The second-order valence-electron chi connectivity index (χ2n) is 4.72. The van der Waals surface area contributed by atoms with E-state index in [9.17, 15) is 18.3 Å². The molecule has 1 aromatic heterocycles. The maximum Gasteiger partial charge on any atom is 0.416 e. The Morgan fingerprint density at radius 2 is 1.90 bits per heavy atom. The highest BCUT2D eigenvalue weighted by atomic mass is 79.9. The maximum absolute atomic E-state index is 13.1. The van der Waals surface area contributed by atoms with Crippen molar-refractivity contribution in [1.29, 1.82) is 0 Å². The zero-order valence-electron chi connectivity index (χ0n) is 11.1. The number of hydrogen-bond donors (Lipinski definition) is 1. The molecule has 0 radical (unpaired) electrons. The van der Waals surface area contributed by atoms with Crippen molar-refractivity contribution >= 4 is 15.9 Å². The molecule has 0 bridgehead atoms. The van der Waals surface area contributed by atoms with E-state index < -0.39 is 23.8 Å². The van der Waals surface area contributed by atoms with Gasteiger partial charge < -0.3 is 5.11 Å². The molecule has 0 aliphatic carbocycles. The van der Waals surface area contributed by atoms with Crippen LogP contribution in [0.3, 0.4) is 0 Å². The van der Waals surface area contributed by atoms with Crippen LogP contribution in [-0.4, -0.2) is 10.1 Å². The van der Waals surface area contributed by atoms with Gasteiger partial charge in [-0.3, -0.25) is 4.98 Å². The lowest BCUT2D eigenvalue weighted by Crippen LogP contribution is -2.16. The Morgan fingerprint density at radius 1 is 1.19 bits per heavy atom. The third kappa shape index (κ3) is 3.63. The molecule has 2 unspecified atom stereocenters. The third-order valence-corrected chi connectivity index (χ3v) is 3.76. The van der Waals surface area contributed by atoms with Crippen molar-refractivity contribution in [3.8, 4) is 0 Å². The summed E-state index contributed by atoms with van der Waals surface area (Å²) in [4.78, 5) is 4.08. The lowest BCUT2D eigenvalue weighted by atomic mass is 9.91. The molecule has 21 heavy (non-hydrogen) atoms. The summed E-state index contributed by atoms with van der Waals surface area (Å²) in [6.45, 7) is 1.65. The Balaban J connectivity index is 2.42. The van der Waals surface area contributed by atoms with Crippen LogP contribution in [0.25, 0.3) is 0 Å². The van der Waals surface area contributed by atoms with Crippen LogP contribution in [0.4, 0.5) is 13.2 Å². The van der Waals surface area contributed by atoms with Gasteiger partial charge in [0.15, 0.2) is 0 Å². The standard InChI is InChI=1S/C15H13BrF3NO/c1-9(13-4-2-3-7-20-13)14(21)11-6-5-10(16)8-12(11)15(17,18)19/h2-9,14,21H,1H3. The highest BCUT2D eigenvalue weighted by molar-refractivity contribution is 9.10. The predicted octanol–water partition coefficient (Wildman–Crippen LogP) is 4.70. The molecule has 2 rings (SSSR count). The van der Waals surface area contributed by atoms with Crippen LogP contribution in [0.15, 0.2) is 47.1 Å². The van der Waals surface area contributed by atoms with Crippen molar-refractivity contribution < 1.29 is 18.3 Å². The summed E-state index contributed by atoms with van der Waals surface area (Å²) < 4.78 is 39.6. The Hall–Kier alpha value is -1.40. The van der Waals surface area contributed by atoms with Gasteiger partial charge >= 0.3 is 6.18 Å². The van der Waals surface area contributed by atoms with Crippen molar-refractivity contribution in [2.45, 2.75) is 25.1 Å². The fourth-order valence-corrected chi connectivity index (χ4v) is 2.47. The molecule has 2 atom stereocenters. The van der Waals surface area contributed by atoms with Crippen LogP contribution >= 0.6 is 15.9 Å². The van der Waals surface area contributed by atoms with Crippen LogP contribution in [0.2, 0.25) is 0 Å². The molecule has 0 saturated carbocycles. The van der Waals surface area contributed by atoms with Gasteiger partial charge in [-0.2, -0.15) is 13.2 Å². The maximum atomic E-state index is 13.1. The number of pyridine rings is 1. The van der Waals surface area contributed by atoms with E-state index in [-0.39, 0.29) is 5.56 Å². The van der Waals surface area contributed by atoms with E-state index >= 15 is 0 Å². The van der Waals surface area contributed by atoms with Gasteiger partial charge in [0.1, 0.15) is 0 Å². The minimum absolute atomic E-state index is 0.149. The van der Waals surface area contributed by atoms with Crippen LogP contribution in [0.5, 0.6) is 0 Å². The number of benzene rings is 1. The fourth-order valence-electron chi connectivity index (χ4n) is 2.11. The minimum Gasteiger partial charge on any atom is -0.388 e. The molecule has 0 amide bonds. The third-order valence-electron chi connectivity index (χ3n) is 3.27. The van der Waals surface area contributed by atoms with Crippen LogP contribution < -0.4 is 0 Å². The summed E-state index contributed by atoms with van der Waals surface area (Å²) in [7, 11) is 0. The topological polar surface area (TPSA) is 33.1 Å². The van der Waals surface area contributed by atoms with E-state index in [2.05, 4.69) is 20.9 Å². The zero-order valence-corrected chi connectivity index (χ0v) is 12.7. The number of rotatable bonds is 3. The largest absolute Gasteiger partial charge is 0.416 e. The number of aromatic nitrogens is 1. The summed E-state index contributed by atoms with van der Waals surface area (Å²) in [5.41, 5.74) is -0.447. The Kier molecular flexibility index (Phi) is 4.68. The first-order valence-electron chi connectivity index (χ1n) is 6.26. The number of alkyl halides is 3. The molecule has 0 saturated heterocycles. The van der Waals surface area contributed by atoms with Gasteiger partial charge in [0.2, 0.25) is 0 Å². The first-order chi connectivity index (χ1) is 9.80. The van der Waals surface area contributed by atoms with Gasteiger partial charge in [-0.05, 0) is 29.8 Å². The number of halogens is 4. The molecule has 0 aliphatic rings. The molecule has 6 heteroatoms. The molecular formula is C15H13BrF3NO. The fraction of sp³-hybridized carbons (Fsp3) is 0.267. The average Bonchev–Trinajstić information content (AvgIpc) is 2.45. The highest BCUT2D eigenvalue weighted by Gasteiger charge is 2.36. The quantitative estimate of drug-likeness (QED) is 0.861. The van der Waals surface area contributed by atoms with E-state index in [0.29, 0.717) is 10.2 Å². The van der Waals surface area contributed by atoms with Gasteiger partial charge in [0, 0.05) is 22.3 Å². The molecule has 0 spiro atoms.